The van der Waals surface area contributed by atoms with Crippen molar-refractivity contribution in [2.24, 2.45) is 11.7 Å². The van der Waals surface area contributed by atoms with Crippen molar-refractivity contribution in [2.45, 2.75) is 51.5 Å². The molecule has 1 saturated heterocycles. The van der Waals surface area contributed by atoms with Crippen LogP contribution in [0.5, 0.6) is 0 Å². The summed E-state index contributed by atoms with van der Waals surface area (Å²) in [6.45, 7) is 8.26. The molecule has 0 saturated carbocycles. The fourth-order valence-electron chi connectivity index (χ4n) is 2.84. The largest absolute Gasteiger partial charge is 0.465 e. The fraction of sp³-hybridized carbons (Fsp3) is 0.938. The highest BCUT2D eigenvalue weighted by Crippen LogP contribution is 2.18. The number of hydrogen-bond acceptors (Lipinski definition) is 5. The minimum Gasteiger partial charge on any atom is -0.465 e. The normalized spacial score (nSPS) is 20.2. The van der Waals surface area contributed by atoms with Gasteiger partial charge in [0.05, 0.1) is 6.61 Å². The van der Waals surface area contributed by atoms with Gasteiger partial charge in [-0.15, -0.1) is 0 Å². The number of carbonyl (C=O) groups excluding carboxylic acids is 1. The van der Waals surface area contributed by atoms with Crippen LogP contribution in [0.1, 0.15) is 46.0 Å². The van der Waals surface area contributed by atoms with E-state index >= 15 is 0 Å². The molecule has 0 aromatic carbocycles. The van der Waals surface area contributed by atoms with Crippen LogP contribution in [0.25, 0.3) is 0 Å². The SMILES string of the molecule is CCOC(=O)C(C)(N)CCCCN1CCC(COC)CC1. The zero-order valence-electron chi connectivity index (χ0n) is 13.9. The third-order valence-corrected chi connectivity index (χ3v) is 4.27. The van der Waals surface area contributed by atoms with Gasteiger partial charge in [-0.1, -0.05) is 0 Å². The monoisotopic (exact) mass is 300 g/mol. The van der Waals surface area contributed by atoms with Crippen molar-refractivity contribution in [1.29, 1.82) is 0 Å². The first-order chi connectivity index (χ1) is 9.99. The number of nitrogens with zero attached hydrogens (tertiary/aromatic N) is 1. The molecule has 1 heterocycles. The molecule has 2 N–H and O–H groups in total. The average Bonchev–Trinajstić information content (AvgIpc) is 2.46. The van der Waals surface area contributed by atoms with Gasteiger partial charge < -0.3 is 20.1 Å². The molecular formula is C16H32N2O3. The van der Waals surface area contributed by atoms with Gasteiger partial charge in [-0.05, 0) is 71.5 Å². The van der Waals surface area contributed by atoms with E-state index in [-0.39, 0.29) is 5.97 Å². The van der Waals surface area contributed by atoms with Gasteiger partial charge in [-0.3, -0.25) is 4.79 Å². The maximum Gasteiger partial charge on any atom is 0.325 e. The van der Waals surface area contributed by atoms with Crippen molar-refractivity contribution in [3.8, 4) is 0 Å². The average molecular weight is 300 g/mol. The number of esters is 1. The molecule has 21 heavy (non-hydrogen) atoms. The van der Waals surface area contributed by atoms with Gasteiger partial charge >= 0.3 is 5.97 Å². The summed E-state index contributed by atoms with van der Waals surface area (Å²) >= 11 is 0. The maximum atomic E-state index is 11.7. The number of unbranched alkanes of at least 4 members (excludes halogenated alkanes) is 1. The lowest BCUT2D eigenvalue weighted by atomic mass is 9.95. The zero-order valence-corrected chi connectivity index (χ0v) is 13.9. The second-order valence-corrected chi connectivity index (χ2v) is 6.34. The number of rotatable bonds is 9. The van der Waals surface area contributed by atoms with Gasteiger partial charge in [-0.2, -0.15) is 0 Å². The predicted octanol–water partition coefficient (Wildman–Crippen LogP) is 1.80. The fourth-order valence-corrected chi connectivity index (χ4v) is 2.84. The van der Waals surface area contributed by atoms with Crippen molar-refractivity contribution in [1.82, 2.24) is 4.90 Å². The van der Waals surface area contributed by atoms with E-state index in [2.05, 4.69) is 4.90 Å². The Hall–Kier alpha value is -0.650. The Balaban J connectivity index is 2.13. The van der Waals surface area contributed by atoms with E-state index in [1.54, 1.807) is 21.0 Å². The molecule has 124 valence electrons. The molecular weight excluding hydrogens is 268 g/mol. The van der Waals surface area contributed by atoms with Gasteiger partial charge in [0.25, 0.3) is 0 Å². The molecule has 0 aromatic heterocycles. The third kappa shape index (κ3) is 6.76. The summed E-state index contributed by atoms with van der Waals surface area (Å²) in [5, 5.41) is 0. The number of likely N-dealkylation sites (tertiary alicyclic amines) is 1. The van der Waals surface area contributed by atoms with Gasteiger partial charge in [-0.25, -0.2) is 0 Å². The van der Waals surface area contributed by atoms with Crippen LogP contribution in [-0.4, -0.2) is 56.4 Å². The van der Waals surface area contributed by atoms with Crippen LogP contribution in [0.15, 0.2) is 0 Å². The Labute approximate surface area is 129 Å². The number of hydrogen-bond donors (Lipinski definition) is 1. The maximum absolute atomic E-state index is 11.7. The first-order valence-electron chi connectivity index (χ1n) is 8.17. The second-order valence-electron chi connectivity index (χ2n) is 6.34. The second kappa shape index (κ2) is 9.38. The summed E-state index contributed by atoms with van der Waals surface area (Å²) in [7, 11) is 1.78. The zero-order chi connectivity index (χ0) is 15.7. The quantitative estimate of drug-likeness (QED) is 0.519. The molecule has 0 aromatic rings. The first-order valence-corrected chi connectivity index (χ1v) is 8.17. The number of methoxy groups -OCH3 is 1. The van der Waals surface area contributed by atoms with E-state index in [1.807, 2.05) is 0 Å². The van der Waals surface area contributed by atoms with Crippen LogP contribution in [0.2, 0.25) is 0 Å². The van der Waals surface area contributed by atoms with Gasteiger partial charge in [0, 0.05) is 13.7 Å². The molecule has 0 amide bonds. The molecule has 0 radical (unpaired) electrons. The highest BCUT2D eigenvalue weighted by molar-refractivity contribution is 5.79. The Bertz CT molecular complexity index is 300. The van der Waals surface area contributed by atoms with Crippen LogP contribution in [0.3, 0.4) is 0 Å². The van der Waals surface area contributed by atoms with Crippen LogP contribution >= 0.6 is 0 Å². The predicted molar refractivity (Wildman–Crippen MR) is 84.1 cm³/mol. The lowest BCUT2D eigenvalue weighted by Gasteiger charge is -2.31. The molecule has 0 spiro atoms. The lowest BCUT2D eigenvalue weighted by Crippen LogP contribution is -2.46. The van der Waals surface area contributed by atoms with Crippen molar-refractivity contribution in [3.63, 3.8) is 0 Å². The highest BCUT2D eigenvalue weighted by Gasteiger charge is 2.29. The molecule has 1 fully saturated rings. The molecule has 1 atom stereocenters. The lowest BCUT2D eigenvalue weighted by molar-refractivity contribution is -0.149. The molecule has 1 aliphatic rings. The summed E-state index contributed by atoms with van der Waals surface area (Å²) in [4.78, 5) is 14.2. The van der Waals surface area contributed by atoms with Crippen LogP contribution < -0.4 is 5.73 Å². The number of ether oxygens (including phenoxy) is 2. The Morgan fingerprint density at radius 2 is 2.00 bits per heavy atom. The Morgan fingerprint density at radius 1 is 1.33 bits per heavy atom. The minimum atomic E-state index is -0.846. The van der Waals surface area contributed by atoms with Gasteiger partial charge in [0.15, 0.2) is 0 Å². The molecule has 5 heteroatoms. The summed E-state index contributed by atoms with van der Waals surface area (Å²) in [6, 6.07) is 0. The molecule has 1 rings (SSSR count). The van der Waals surface area contributed by atoms with Crippen molar-refractivity contribution < 1.29 is 14.3 Å². The van der Waals surface area contributed by atoms with E-state index < -0.39 is 5.54 Å². The number of carbonyl (C=O) groups is 1. The van der Waals surface area contributed by atoms with E-state index in [0.717, 1.165) is 45.0 Å². The summed E-state index contributed by atoms with van der Waals surface area (Å²) in [5.41, 5.74) is 5.17. The number of nitrogens with two attached hydrogens (primary N) is 1. The van der Waals surface area contributed by atoms with E-state index in [1.165, 1.54) is 12.8 Å². The molecule has 1 unspecified atom stereocenters. The number of piperidine rings is 1. The highest BCUT2D eigenvalue weighted by atomic mass is 16.5. The van der Waals surface area contributed by atoms with Crippen molar-refractivity contribution in [2.75, 3.05) is 40.0 Å². The smallest absolute Gasteiger partial charge is 0.325 e. The first kappa shape index (κ1) is 18.4. The summed E-state index contributed by atoms with van der Waals surface area (Å²) in [6.07, 6.45) is 5.19. The standard InChI is InChI=1S/C16H32N2O3/c1-4-21-15(19)16(2,17)9-5-6-10-18-11-7-14(8-12-18)13-20-3/h14H,4-13,17H2,1-3H3. The van der Waals surface area contributed by atoms with Crippen LogP contribution in [0, 0.1) is 5.92 Å². The van der Waals surface area contributed by atoms with Gasteiger partial charge in [0.2, 0.25) is 0 Å². The third-order valence-electron chi connectivity index (χ3n) is 4.27. The van der Waals surface area contributed by atoms with E-state index in [0.29, 0.717) is 13.0 Å². The topological polar surface area (TPSA) is 64.8 Å². The Kier molecular flexibility index (Phi) is 8.22. The minimum absolute atomic E-state index is 0.287. The van der Waals surface area contributed by atoms with Crippen molar-refractivity contribution in [3.05, 3.63) is 0 Å². The molecule has 0 bridgehead atoms. The summed E-state index contributed by atoms with van der Waals surface area (Å²) in [5.74, 6) is 0.438. The molecule has 0 aliphatic carbocycles. The molecule has 1 aliphatic heterocycles. The van der Waals surface area contributed by atoms with Crippen molar-refractivity contribution >= 4 is 5.97 Å². The Morgan fingerprint density at radius 3 is 2.57 bits per heavy atom. The van der Waals surface area contributed by atoms with E-state index in [9.17, 15) is 4.79 Å². The van der Waals surface area contributed by atoms with Gasteiger partial charge in [0.1, 0.15) is 5.54 Å². The van der Waals surface area contributed by atoms with Crippen LogP contribution in [0.4, 0.5) is 0 Å². The molecule has 5 nitrogen and oxygen atoms in total. The van der Waals surface area contributed by atoms with Crippen LogP contribution in [-0.2, 0) is 14.3 Å². The summed E-state index contributed by atoms with van der Waals surface area (Å²) < 4.78 is 10.2. The van der Waals surface area contributed by atoms with E-state index in [4.69, 9.17) is 15.2 Å².